The number of nitrogens with zero attached hydrogens (tertiary/aromatic N) is 1. The van der Waals surface area contributed by atoms with Crippen molar-refractivity contribution in [2.75, 3.05) is 4.90 Å². The number of para-hydroxylation sites is 5. The molecule has 77 heavy (non-hydrogen) atoms. The van der Waals surface area contributed by atoms with Crippen molar-refractivity contribution >= 4 is 17.1 Å². The van der Waals surface area contributed by atoms with Crippen LogP contribution in [-0.4, -0.2) is 0 Å². The molecular formula is C74H47NO2. The molecular weight excluding hydrogens is 935 g/mol. The van der Waals surface area contributed by atoms with Gasteiger partial charge in [0.1, 0.15) is 23.0 Å². The SMILES string of the molecule is c1ccc(-c2ccc(-c3ccccc3N(c3cccc(-c4ccc5c(c4)C4(c6ccccc6Oc6ccccc64)c4ccccc4-5)c3)c3cccc4c3-c3ccccc3C43c4ccccc4Oc4ccccc43)cc2)cc1. The lowest BCUT2D eigenvalue weighted by Crippen LogP contribution is -2.32. The zero-order chi connectivity index (χ0) is 50.7. The Morgan fingerprint density at radius 1 is 0.234 bits per heavy atom. The van der Waals surface area contributed by atoms with Crippen LogP contribution in [0, 0.1) is 0 Å². The number of ether oxygens (including phenoxy) is 2. The number of fused-ring (bicyclic) bond motifs is 18. The van der Waals surface area contributed by atoms with Crippen molar-refractivity contribution in [3.63, 3.8) is 0 Å². The zero-order valence-corrected chi connectivity index (χ0v) is 41.9. The van der Waals surface area contributed by atoms with Crippen molar-refractivity contribution in [3.05, 3.63) is 330 Å². The van der Waals surface area contributed by atoms with Crippen molar-refractivity contribution < 1.29 is 9.47 Å². The number of hydrogen-bond acceptors (Lipinski definition) is 3. The molecule has 12 aromatic rings. The van der Waals surface area contributed by atoms with E-state index in [1.165, 1.54) is 55.6 Å². The van der Waals surface area contributed by atoms with Gasteiger partial charge in [0.2, 0.25) is 0 Å². The molecule has 0 amide bonds. The van der Waals surface area contributed by atoms with Gasteiger partial charge in [-0.05, 0) is 121 Å². The Morgan fingerprint density at radius 3 is 1.27 bits per heavy atom. The molecule has 0 unspecified atom stereocenters. The molecule has 4 aliphatic rings. The van der Waals surface area contributed by atoms with Gasteiger partial charge in [0.15, 0.2) is 0 Å². The van der Waals surface area contributed by atoms with Gasteiger partial charge in [-0.2, -0.15) is 0 Å². The maximum absolute atomic E-state index is 6.77. The van der Waals surface area contributed by atoms with Gasteiger partial charge in [-0.1, -0.05) is 231 Å². The van der Waals surface area contributed by atoms with Gasteiger partial charge in [0, 0.05) is 39.1 Å². The Hall–Kier alpha value is -9.96. The molecule has 0 fully saturated rings. The maximum Gasteiger partial charge on any atom is 0.132 e. The third-order valence-corrected chi connectivity index (χ3v) is 16.8. The highest BCUT2D eigenvalue weighted by Gasteiger charge is 2.53. The van der Waals surface area contributed by atoms with Crippen LogP contribution in [0.15, 0.2) is 285 Å². The largest absolute Gasteiger partial charge is 0.457 e. The van der Waals surface area contributed by atoms with Crippen molar-refractivity contribution in [1.29, 1.82) is 0 Å². The molecule has 16 rings (SSSR count). The third kappa shape index (κ3) is 6.14. The standard InChI is InChI=1S/C74H47NO2/c1-2-20-48(21-3-1)49-40-42-50(43-41-49)54-24-6-13-34-66(54)75(67-35-19-33-64-72(67)57-26-5-8-28-59(57)73(64)60-29-9-14-36-68(60)76-69-37-15-10-30-61(69)73)53-23-18-22-51(46-53)52-44-45-56-55-25-4-7-27-58(55)74(65(56)47-52)62-31-11-16-38-70(62)77-71-39-17-12-32-63(71)74/h1-47H. The molecule has 360 valence electrons. The van der Waals surface area contributed by atoms with Crippen molar-refractivity contribution in [2.24, 2.45) is 0 Å². The lowest BCUT2D eigenvalue weighted by molar-refractivity contribution is 0.436. The van der Waals surface area contributed by atoms with Gasteiger partial charge < -0.3 is 14.4 Å². The summed E-state index contributed by atoms with van der Waals surface area (Å²) in [4.78, 5) is 2.52. The first kappa shape index (κ1) is 43.4. The van der Waals surface area contributed by atoms with Gasteiger partial charge in [0.05, 0.1) is 22.2 Å². The quantitative estimate of drug-likeness (QED) is 0.166. The lowest BCUT2D eigenvalue weighted by Gasteiger charge is -2.39. The summed E-state index contributed by atoms with van der Waals surface area (Å²) in [6.07, 6.45) is 0. The average Bonchev–Trinajstić information content (AvgIpc) is 4.19. The van der Waals surface area contributed by atoms with Crippen molar-refractivity contribution in [1.82, 2.24) is 0 Å². The van der Waals surface area contributed by atoms with Crippen molar-refractivity contribution in [2.45, 2.75) is 10.8 Å². The Kier molecular flexibility index (Phi) is 9.47. The van der Waals surface area contributed by atoms with Crippen LogP contribution in [-0.2, 0) is 10.8 Å². The summed E-state index contributed by atoms with van der Waals surface area (Å²) in [6.45, 7) is 0. The van der Waals surface area contributed by atoms with Crippen LogP contribution in [0.3, 0.4) is 0 Å². The summed E-state index contributed by atoms with van der Waals surface area (Å²) in [5.74, 6) is 3.52. The minimum atomic E-state index is -0.632. The molecule has 0 atom stereocenters. The van der Waals surface area contributed by atoms with Crippen LogP contribution in [0.1, 0.15) is 44.5 Å². The molecule has 2 aliphatic carbocycles. The highest BCUT2D eigenvalue weighted by Crippen LogP contribution is 2.65. The van der Waals surface area contributed by atoms with Gasteiger partial charge in [-0.25, -0.2) is 0 Å². The number of anilines is 3. The zero-order valence-electron chi connectivity index (χ0n) is 41.9. The van der Waals surface area contributed by atoms with Crippen LogP contribution in [0.4, 0.5) is 17.1 Å². The molecule has 2 spiro atoms. The highest BCUT2D eigenvalue weighted by atomic mass is 16.5. The van der Waals surface area contributed by atoms with Gasteiger partial charge >= 0.3 is 0 Å². The minimum Gasteiger partial charge on any atom is -0.457 e. The minimum absolute atomic E-state index is 0.582. The van der Waals surface area contributed by atoms with E-state index in [4.69, 9.17) is 9.47 Å². The maximum atomic E-state index is 6.77. The second kappa shape index (κ2) is 16.8. The third-order valence-electron chi connectivity index (χ3n) is 16.8. The summed E-state index contributed by atoms with van der Waals surface area (Å²) in [5.41, 5.74) is 23.4. The normalized spacial score (nSPS) is 13.9. The first-order valence-electron chi connectivity index (χ1n) is 26.6. The molecule has 0 radical (unpaired) electrons. The molecule has 3 nitrogen and oxygen atoms in total. The van der Waals surface area contributed by atoms with E-state index in [1.807, 2.05) is 0 Å². The Morgan fingerprint density at radius 2 is 0.636 bits per heavy atom. The molecule has 0 bridgehead atoms. The van der Waals surface area contributed by atoms with Crippen molar-refractivity contribution in [3.8, 4) is 78.6 Å². The Balaban J connectivity index is 0.932. The lowest BCUT2D eigenvalue weighted by atomic mass is 9.66. The van der Waals surface area contributed by atoms with E-state index in [0.29, 0.717) is 0 Å². The second-order valence-electron chi connectivity index (χ2n) is 20.6. The summed E-state index contributed by atoms with van der Waals surface area (Å²) >= 11 is 0. The fraction of sp³-hybridized carbons (Fsp3) is 0.0270. The molecule has 0 N–H and O–H groups in total. The highest BCUT2D eigenvalue weighted by molar-refractivity contribution is 6.01. The summed E-state index contributed by atoms with van der Waals surface area (Å²) < 4.78 is 13.5. The van der Waals surface area contributed by atoms with E-state index in [9.17, 15) is 0 Å². The number of benzene rings is 12. The first-order chi connectivity index (χ1) is 38.2. The molecule has 2 aliphatic heterocycles. The van der Waals surface area contributed by atoms with E-state index in [2.05, 4.69) is 290 Å². The van der Waals surface area contributed by atoms with Crippen LogP contribution >= 0.6 is 0 Å². The van der Waals surface area contributed by atoms with Crippen LogP contribution in [0.5, 0.6) is 23.0 Å². The van der Waals surface area contributed by atoms with Crippen LogP contribution in [0.25, 0.3) is 55.6 Å². The van der Waals surface area contributed by atoms with Gasteiger partial charge in [-0.3, -0.25) is 0 Å². The smallest absolute Gasteiger partial charge is 0.132 e. The fourth-order valence-electron chi connectivity index (χ4n) is 13.7. The molecule has 3 heteroatoms. The molecule has 0 aromatic heterocycles. The van der Waals surface area contributed by atoms with E-state index >= 15 is 0 Å². The Bertz CT molecular complexity index is 4270. The topological polar surface area (TPSA) is 21.7 Å². The summed E-state index contributed by atoms with van der Waals surface area (Å²) in [6, 6.07) is 104. The van der Waals surface area contributed by atoms with Crippen LogP contribution in [0.2, 0.25) is 0 Å². The summed E-state index contributed by atoms with van der Waals surface area (Å²) in [7, 11) is 0. The summed E-state index contributed by atoms with van der Waals surface area (Å²) in [5, 5.41) is 0. The van der Waals surface area contributed by atoms with E-state index < -0.39 is 10.8 Å². The predicted molar refractivity (Wildman–Crippen MR) is 312 cm³/mol. The second-order valence-corrected chi connectivity index (χ2v) is 20.6. The average molecular weight is 982 g/mol. The van der Waals surface area contributed by atoms with E-state index in [0.717, 1.165) is 84.6 Å². The van der Waals surface area contributed by atoms with Crippen LogP contribution < -0.4 is 14.4 Å². The first-order valence-corrected chi connectivity index (χ1v) is 26.6. The molecule has 0 saturated heterocycles. The van der Waals surface area contributed by atoms with Gasteiger partial charge in [0.25, 0.3) is 0 Å². The predicted octanol–water partition coefficient (Wildman–Crippen LogP) is 19.1. The molecule has 2 heterocycles. The van der Waals surface area contributed by atoms with E-state index in [-0.39, 0.29) is 0 Å². The monoisotopic (exact) mass is 981 g/mol. The number of rotatable bonds is 6. The fourth-order valence-corrected chi connectivity index (χ4v) is 13.7. The van der Waals surface area contributed by atoms with E-state index in [1.54, 1.807) is 0 Å². The number of hydrogen-bond donors (Lipinski definition) is 0. The Labute approximate surface area is 448 Å². The molecule has 0 saturated carbocycles. The van der Waals surface area contributed by atoms with Gasteiger partial charge in [-0.15, -0.1) is 0 Å². The molecule has 12 aromatic carbocycles.